The Hall–Kier alpha value is -2.63. The molecule has 0 N–H and O–H groups in total. The number of benzene rings is 1. The lowest BCUT2D eigenvalue weighted by Crippen LogP contribution is -2.57. The second-order valence-corrected chi connectivity index (χ2v) is 5.61. The van der Waals surface area contributed by atoms with Gasteiger partial charge in [0.15, 0.2) is 6.04 Å². The molecule has 0 saturated carbocycles. The van der Waals surface area contributed by atoms with Crippen molar-refractivity contribution in [3.63, 3.8) is 0 Å². The number of carbonyl (C=O) groups is 3. The second-order valence-electron chi connectivity index (χ2n) is 5.61. The van der Waals surface area contributed by atoms with Crippen LogP contribution in [0.3, 0.4) is 0 Å². The predicted octanol–water partition coefficient (Wildman–Crippen LogP) is 1.20. The first-order valence-corrected chi connectivity index (χ1v) is 7.35. The lowest BCUT2D eigenvalue weighted by atomic mass is 9.97. The van der Waals surface area contributed by atoms with Gasteiger partial charge in [0.1, 0.15) is 6.61 Å². The molecule has 2 atom stereocenters. The number of carbonyl (C=O) groups excluding carboxylic acids is 3. The molecule has 1 amide bonds. The number of rotatable bonds is 4. The van der Waals surface area contributed by atoms with E-state index in [0.29, 0.717) is 11.1 Å². The fourth-order valence-electron chi connectivity index (χ4n) is 3.12. The van der Waals surface area contributed by atoms with Gasteiger partial charge in [0.25, 0.3) is 0 Å². The van der Waals surface area contributed by atoms with E-state index in [4.69, 9.17) is 9.47 Å². The SMILES string of the molecule is COC(=O)C1=C(C)[C@@H](C(=O)OCc2ccccc2)N2C(=O)C[C@@H]12. The number of amides is 1. The molecular weight excluding hydrogens is 298 g/mol. The van der Waals surface area contributed by atoms with Gasteiger partial charge in [-0.25, -0.2) is 9.59 Å². The Balaban J connectivity index is 1.77. The van der Waals surface area contributed by atoms with Crippen LogP contribution >= 0.6 is 0 Å². The van der Waals surface area contributed by atoms with Gasteiger partial charge in [0, 0.05) is 0 Å². The van der Waals surface area contributed by atoms with E-state index in [2.05, 4.69) is 0 Å². The van der Waals surface area contributed by atoms with Gasteiger partial charge in [-0.2, -0.15) is 0 Å². The van der Waals surface area contributed by atoms with Crippen LogP contribution in [0.2, 0.25) is 0 Å². The highest BCUT2D eigenvalue weighted by molar-refractivity contribution is 6.02. The summed E-state index contributed by atoms with van der Waals surface area (Å²) in [4.78, 5) is 37.6. The van der Waals surface area contributed by atoms with Crippen LogP contribution in [0.4, 0.5) is 0 Å². The molecule has 0 unspecified atom stereocenters. The molecule has 3 rings (SSSR count). The first kappa shape index (κ1) is 15.3. The van der Waals surface area contributed by atoms with Gasteiger partial charge in [0.2, 0.25) is 5.91 Å². The highest BCUT2D eigenvalue weighted by Gasteiger charge is 2.54. The van der Waals surface area contributed by atoms with Gasteiger partial charge in [-0.05, 0) is 18.1 Å². The van der Waals surface area contributed by atoms with Crippen molar-refractivity contribution in [1.29, 1.82) is 0 Å². The molecule has 0 aliphatic carbocycles. The Morgan fingerprint density at radius 3 is 2.57 bits per heavy atom. The maximum Gasteiger partial charge on any atom is 0.335 e. The van der Waals surface area contributed by atoms with Crippen molar-refractivity contribution in [1.82, 2.24) is 4.90 Å². The van der Waals surface area contributed by atoms with E-state index in [1.54, 1.807) is 6.92 Å². The van der Waals surface area contributed by atoms with E-state index in [1.165, 1.54) is 12.0 Å². The minimum Gasteiger partial charge on any atom is -0.466 e. The number of β-lactam (4-membered cyclic amide) rings is 1. The number of esters is 2. The maximum atomic E-state index is 12.4. The largest absolute Gasteiger partial charge is 0.466 e. The normalized spacial score (nSPS) is 22.5. The van der Waals surface area contributed by atoms with E-state index >= 15 is 0 Å². The molecule has 23 heavy (non-hydrogen) atoms. The standard InChI is InChI=1S/C17H17NO5/c1-10-14(16(20)22-2)12-8-13(19)18(12)15(10)17(21)23-9-11-6-4-3-5-7-11/h3-7,12,15H,8-9H2,1-2H3/t12-,15-/m0/s1. The fraction of sp³-hybridized carbons (Fsp3) is 0.353. The number of fused-ring (bicyclic) bond motifs is 1. The second kappa shape index (κ2) is 5.87. The molecular formula is C17H17NO5. The first-order chi connectivity index (χ1) is 11.0. The fourth-order valence-corrected chi connectivity index (χ4v) is 3.12. The highest BCUT2D eigenvalue weighted by atomic mass is 16.5. The summed E-state index contributed by atoms with van der Waals surface area (Å²) in [5, 5.41) is 0. The van der Waals surface area contributed by atoms with Crippen LogP contribution in [0.15, 0.2) is 41.5 Å². The van der Waals surface area contributed by atoms with E-state index in [9.17, 15) is 14.4 Å². The third kappa shape index (κ3) is 2.50. The van der Waals surface area contributed by atoms with Gasteiger partial charge in [-0.3, -0.25) is 4.79 Å². The van der Waals surface area contributed by atoms with Crippen molar-refractivity contribution in [2.24, 2.45) is 0 Å². The molecule has 1 saturated heterocycles. The summed E-state index contributed by atoms with van der Waals surface area (Å²) in [6.07, 6.45) is 0.226. The number of nitrogens with zero attached hydrogens (tertiary/aromatic N) is 1. The summed E-state index contributed by atoms with van der Waals surface area (Å²) in [6, 6.07) is 8.08. The number of ether oxygens (including phenoxy) is 2. The summed E-state index contributed by atoms with van der Waals surface area (Å²) in [5.41, 5.74) is 1.79. The third-order valence-electron chi connectivity index (χ3n) is 4.29. The zero-order chi connectivity index (χ0) is 16.6. The molecule has 1 aromatic rings. The van der Waals surface area contributed by atoms with E-state index < -0.39 is 18.0 Å². The average Bonchev–Trinajstić information content (AvgIpc) is 2.80. The van der Waals surface area contributed by atoms with Crippen molar-refractivity contribution >= 4 is 17.8 Å². The molecule has 120 valence electrons. The zero-order valence-electron chi connectivity index (χ0n) is 12.9. The molecule has 2 heterocycles. The molecule has 2 aliphatic heterocycles. The van der Waals surface area contributed by atoms with Crippen molar-refractivity contribution in [2.75, 3.05) is 7.11 Å². The van der Waals surface area contributed by atoms with E-state index in [1.807, 2.05) is 30.3 Å². The Kier molecular flexibility index (Phi) is 3.90. The first-order valence-electron chi connectivity index (χ1n) is 7.35. The Bertz CT molecular complexity index is 694. The molecule has 1 fully saturated rings. The summed E-state index contributed by atoms with van der Waals surface area (Å²) >= 11 is 0. The van der Waals surface area contributed by atoms with Gasteiger partial charge < -0.3 is 14.4 Å². The number of hydrogen-bond acceptors (Lipinski definition) is 5. The van der Waals surface area contributed by atoms with Crippen molar-refractivity contribution in [3.05, 3.63) is 47.0 Å². The Morgan fingerprint density at radius 2 is 1.96 bits per heavy atom. The van der Waals surface area contributed by atoms with E-state index in [-0.39, 0.29) is 25.0 Å². The van der Waals surface area contributed by atoms with Crippen molar-refractivity contribution in [2.45, 2.75) is 32.0 Å². The maximum absolute atomic E-state index is 12.4. The molecule has 6 heteroatoms. The van der Waals surface area contributed by atoms with Gasteiger partial charge in [-0.1, -0.05) is 30.3 Å². The van der Waals surface area contributed by atoms with Crippen LogP contribution in [0.5, 0.6) is 0 Å². The van der Waals surface area contributed by atoms with Crippen LogP contribution in [0.25, 0.3) is 0 Å². The molecule has 0 bridgehead atoms. The quantitative estimate of drug-likeness (QED) is 0.617. The monoisotopic (exact) mass is 315 g/mol. The average molecular weight is 315 g/mol. The van der Waals surface area contributed by atoms with Crippen molar-refractivity contribution in [3.8, 4) is 0 Å². The molecule has 6 nitrogen and oxygen atoms in total. The smallest absolute Gasteiger partial charge is 0.335 e. The summed E-state index contributed by atoms with van der Waals surface area (Å²) in [5.74, 6) is -1.18. The van der Waals surface area contributed by atoms with E-state index in [0.717, 1.165) is 5.56 Å². The van der Waals surface area contributed by atoms with Crippen LogP contribution in [-0.2, 0) is 30.5 Å². The number of methoxy groups -OCH3 is 1. The molecule has 0 aromatic heterocycles. The van der Waals surface area contributed by atoms with Crippen molar-refractivity contribution < 1.29 is 23.9 Å². The van der Waals surface area contributed by atoms with Gasteiger partial charge in [0.05, 0.1) is 25.1 Å². The van der Waals surface area contributed by atoms with Crippen LogP contribution < -0.4 is 0 Å². The lowest BCUT2D eigenvalue weighted by Gasteiger charge is -2.38. The Labute approximate surface area is 133 Å². The summed E-state index contributed by atoms with van der Waals surface area (Å²) in [7, 11) is 1.29. The molecule has 0 spiro atoms. The lowest BCUT2D eigenvalue weighted by molar-refractivity contribution is -0.161. The summed E-state index contributed by atoms with van der Waals surface area (Å²) < 4.78 is 10.1. The Morgan fingerprint density at radius 1 is 1.26 bits per heavy atom. The highest BCUT2D eigenvalue weighted by Crippen LogP contribution is 2.40. The summed E-state index contributed by atoms with van der Waals surface area (Å²) in [6.45, 7) is 1.80. The molecule has 2 aliphatic rings. The van der Waals surface area contributed by atoms with Gasteiger partial charge in [-0.15, -0.1) is 0 Å². The topological polar surface area (TPSA) is 72.9 Å². The minimum atomic E-state index is -0.834. The minimum absolute atomic E-state index is 0.129. The molecule has 0 radical (unpaired) electrons. The van der Waals surface area contributed by atoms with Crippen LogP contribution in [-0.4, -0.2) is 41.9 Å². The van der Waals surface area contributed by atoms with Crippen LogP contribution in [0, 0.1) is 0 Å². The molecule has 1 aromatic carbocycles. The predicted molar refractivity (Wildman–Crippen MR) is 80.0 cm³/mol. The van der Waals surface area contributed by atoms with Gasteiger partial charge >= 0.3 is 11.9 Å². The number of hydrogen-bond donors (Lipinski definition) is 0. The third-order valence-corrected chi connectivity index (χ3v) is 4.29. The zero-order valence-corrected chi connectivity index (χ0v) is 12.9. The van der Waals surface area contributed by atoms with Crippen LogP contribution in [0.1, 0.15) is 18.9 Å².